The summed E-state index contributed by atoms with van der Waals surface area (Å²) in [5.41, 5.74) is 1.79. The molecule has 112 valence electrons. The van der Waals surface area contributed by atoms with Gasteiger partial charge in [-0.15, -0.1) is 0 Å². The first-order chi connectivity index (χ1) is 9.62. The molecule has 0 saturated heterocycles. The molecule has 1 aromatic rings. The number of anilines is 1. The summed E-state index contributed by atoms with van der Waals surface area (Å²) in [5.74, 6) is 1.66. The molecular formula is C15H24NO3S+. The number of carbonyl (C=O) groups excluding carboxylic acids is 1. The second kappa shape index (κ2) is 9.00. The Morgan fingerprint density at radius 3 is 2.15 bits per heavy atom. The molecule has 0 saturated carbocycles. The smallest absolute Gasteiger partial charge is 0.211 e. The topological polar surface area (TPSA) is 60.8 Å². The van der Waals surface area contributed by atoms with Gasteiger partial charge in [0.25, 0.3) is 0 Å². The van der Waals surface area contributed by atoms with Crippen LogP contribution >= 0.6 is 0 Å². The molecule has 0 heterocycles. The van der Waals surface area contributed by atoms with Gasteiger partial charge in [0.1, 0.15) is 11.5 Å². The van der Waals surface area contributed by atoms with Gasteiger partial charge in [-0.05, 0) is 31.2 Å². The highest BCUT2D eigenvalue weighted by Crippen LogP contribution is 2.14. The normalized spacial score (nSPS) is 10.8. The van der Waals surface area contributed by atoms with E-state index in [0.29, 0.717) is 22.8 Å². The zero-order chi connectivity index (χ0) is 15.0. The van der Waals surface area contributed by atoms with Crippen LogP contribution in [0.5, 0.6) is 0 Å². The number of benzene rings is 1. The molecule has 2 N–H and O–H groups in total. The first-order valence-corrected chi connectivity index (χ1v) is 8.55. The van der Waals surface area contributed by atoms with Crippen LogP contribution < -0.4 is 4.90 Å². The van der Waals surface area contributed by atoms with Gasteiger partial charge < -0.3 is 15.1 Å². The molecule has 0 aromatic heterocycles. The molecule has 1 aromatic carbocycles. The summed E-state index contributed by atoms with van der Waals surface area (Å²) in [6.07, 6.45) is 0. The van der Waals surface area contributed by atoms with Crippen LogP contribution in [-0.4, -0.2) is 60.1 Å². The minimum absolute atomic E-state index is 0.0661. The van der Waals surface area contributed by atoms with E-state index >= 15 is 0 Å². The van der Waals surface area contributed by atoms with Crippen LogP contribution in [0, 0.1) is 0 Å². The van der Waals surface area contributed by atoms with Gasteiger partial charge >= 0.3 is 0 Å². The minimum Gasteiger partial charge on any atom is -0.391 e. The summed E-state index contributed by atoms with van der Waals surface area (Å²) in [5, 5.41) is 18.0. The maximum absolute atomic E-state index is 12.2. The van der Waals surface area contributed by atoms with Gasteiger partial charge in [-0.3, -0.25) is 4.79 Å². The molecule has 1 rings (SSSR count). The first-order valence-electron chi connectivity index (χ1n) is 6.82. The van der Waals surface area contributed by atoms with E-state index in [9.17, 15) is 4.79 Å². The number of rotatable bonds is 9. The average molecular weight is 298 g/mol. The molecule has 0 unspecified atom stereocenters. The lowest BCUT2D eigenvalue weighted by atomic mass is 10.1. The molecule has 0 radical (unpaired) electrons. The van der Waals surface area contributed by atoms with Crippen molar-refractivity contribution in [3.63, 3.8) is 0 Å². The summed E-state index contributed by atoms with van der Waals surface area (Å²) in [6.45, 7) is 3.13. The first kappa shape index (κ1) is 17.0. The predicted octanol–water partition coefficient (Wildman–Crippen LogP) is 0.928. The third-order valence-corrected chi connectivity index (χ3v) is 5.39. The number of aliphatic hydroxyl groups is 2. The highest BCUT2D eigenvalue weighted by Gasteiger charge is 2.22. The van der Waals surface area contributed by atoms with Crippen LogP contribution in [0.4, 0.5) is 5.69 Å². The number of hydrogen-bond acceptors (Lipinski definition) is 4. The summed E-state index contributed by atoms with van der Waals surface area (Å²) in [6, 6.07) is 7.60. The van der Waals surface area contributed by atoms with Gasteiger partial charge in [-0.25, -0.2) is 0 Å². The van der Waals surface area contributed by atoms with Crippen LogP contribution in [0.15, 0.2) is 24.3 Å². The van der Waals surface area contributed by atoms with Crippen molar-refractivity contribution in [3.8, 4) is 0 Å². The lowest BCUT2D eigenvalue weighted by molar-refractivity contribution is 0.102. The van der Waals surface area contributed by atoms with Gasteiger partial charge in [0.15, 0.2) is 5.75 Å². The molecule has 0 atom stereocenters. The van der Waals surface area contributed by atoms with E-state index in [-0.39, 0.29) is 29.9 Å². The third kappa shape index (κ3) is 5.15. The fraction of sp³-hybridized carbons (Fsp3) is 0.533. The molecule has 0 spiro atoms. The van der Waals surface area contributed by atoms with E-state index in [4.69, 9.17) is 10.2 Å². The van der Waals surface area contributed by atoms with Crippen LogP contribution in [0.2, 0.25) is 0 Å². The van der Waals surface area contributed by atoms with Crippen LogP contribution in [-0.2, 0) is 10.9 Å². The number of aliphatic hydroxyl groups excluding tert-OH is 2. The van der Waals surface area contributed by atoms with Crippen molar-refractivity contribution in [1.82, 2.24) is 0 Å². The Morgan fingerprint density at radius 1 is 1.15 bits per heavy atom. The van der Waals surface area contributed by atoms with Crippen molar-refractivity contribution < 1.29 is 15.0 Å². The van der Waals surface area contributed by atoms with Gasteiger partial charge in [0.05, 0.1) is 13.2 Å². The van der Waals surface area contributed by atoms with Crippen molar-refractivity contribution in [2.75, 3.05) is 49.0 Å². The number of ketones is 1. The van der Waals surface area contributed by atoms with E-state index in [0.717, 1.165) is 12.2 Å². The summed E-state index contributed by atoms with van der Waals surface area (Å²) < 4.78 is 0. The Morgan fingerprint density at radius 2 is 1.70 bits per heavy atom. The molecule has 0 amide bonds. The van der Waals surface area contributed by atoms with E-state index in [1.54, 1.807) is 0 Å². The Balaban J connectivity index is 2.66. The number of hydrogen-bond donors (Lipinski definition) is 2. The second-order valence-corrected chi connectivity index (χ2v) is 6.93. The lowest BCUT2D eigenvalue weighted by Gasteiger charge is -2.16. The Labute approximate surface area is 123 Å². The van der Waals surface area contributed by atoms with Crippen molar-refractivity contribution >= 4 is 22.4 Å². The Kier molecular flexibility index (Phi) is 7.65. The SMILES string of the molecule is CCN(C)c1ccc(C(=O)C[S+](CCO)CCO)cc1. The fourth-order valence-electron chi connectivity index (χ4n) is 1.86. The molecule has 0 bridgehead atoms. The Hall–Kier alpha value is -1.04. The molecule has 0 fully saturated rings. The monoisotopic (exact) mass is 298 g/mol. The predicted molar refractivity (Wildman–Crippen MR) is 85.9 cm³/mol. The van der Waals surface area contributed by atoms with Crippen LogP contribution in [0.1, 0.15) is 17.3 Å². The summed E-state index contributed by atoms with van der Waals surface area (Å²) >= 11 is 0. The maximum atomic E-state index is 12.2. The van der Waals surface area contributed by atoms with Crippen molar-refractivity contribution in [2.45, 2.75) is 6.92 Å². The molecule has 5 heteroatoms. The zero-order valence-electron chi connectivity index (χ0n) is 12.2. The van der Waals surface area contributed by atoms with Crippen molar-refractivity contribution in [3.05, 3.63) is 29.8 Å². The minimum atomic E-state index is -0.231. The van der Waals surface area contributed by atoms with E-state index in [1.165, 1.54) is 0 Å². The molecule has 4 nitrogen and oxygen atoms in total. The number of Topliss-reactive ketones (excluding diaryl/α,β-unsaturated/α-hetero) is 1. The number of carbonyl (C=O) groups is 1. The maximum Gasteiger partial charge on any atom is 0.211 e. The average Bonchev–Trinajstić information content (AvgIpc) is 2.47. The molecule has 0 aliphatic carbocycles. The largest absolute Gasteiger partial charge is 0.391 e. The standard InChI is InChI=1S/C15H24NO3S/c1-3-16(2)14-6-4-13(5-7-14)15(19)12-20(10-8-17)11-9-18/h4-7,17-18H,3,8-12H2,1-2H3/q+1. The molecular weight excluding hydrogens is 274 g/mol. The highest BCUT2D eigenvalue weighted by molar-refractivity contribution is 7.97. The number of nitrogens with zero attached hydrogens (tertiary/aromatic N) is 1. The van der Waals surface area contributed by atoms with Gasteiger partial charge in [-0.1, -0.05) is 0 Å². The van der Waals surface area contributed by atoms with Gasteiger partial charge in [0, 0.05) is 35.7 Å². The van der Waals surface area contributed by atoms with Crippen LogP contribution in [0.3, 0.4) is 0 Å². The van der Waals surface area contributed by atoms with Gasteiger partial charge in [-0.2, -0.15) is 0 Å². The third-order valence-electron chi connectivity index (χ3n) is 3.20. The van der Waals surface area contributed by atoms with Crippen LogP contribution in [0.25, 0.3) is 0 Å². The second-order valence-electron chi connectivity index (χ2n) is 4.60. The fourth-order valence-corrected chi connectivity index (χ4v) is 3.40. The van der Waals surface area contributed by atoms with Crippen molar-refractivity contribution in [2.24, 2.45) is 0 Å². The van der Waals surface area contributed by atoms with Gasteiger partial charge in [0.2, 0.25) is 5.78 Å². The highest BCUT2D eigenvalue weighted by atomic mass is 32.2. The van der Waals surface area contributed by atoms with E-state index in [2.05, 4.69) is 11.8 Å². The van der Waals surface area contributed by atoms with Crippen molar-refractivity contribution in [1.29, 1.82) is 0 Å². The molecule has 20 heavy (non-hydrogen) atoms. The van der Waals surface area contributed by atoms with E-state index < -0.39 is 0 Å². The lowest BCUT2D eigenvalue weighted by Crippen LogP contribution is -2.25. The summed E-state index contributed by atoms with van der Waals surface area (Å²) in [7, 11) is 1.78. The quantitative estimate of drug-likeness (QED) is 0.526. The Bertz CT molecular complexity index is 402. The zero-order valence-corrected chi connectivity index (χ0v) is 13.0. The van der Waals surface area contributed by atoms with E-state index in [1.807, 2.05) is 31.3 Å². The molecule has 0 aliphatic rings. The molecule has 0 aliphatic heterocycles. The summed E-state index contributed by atoms with van der Waals surface area (Å²) in [4.78, 5) is 14.3.